The van der Waals surface area contributed by atoms with Crippen molar-refractivity contribution in [3.8, 4) is 6.07 Å². The summed E-state index contributed by atoms with van der Waals surface area (Å²) in [5, 5.41) is 16.9. The molecule has 2 amide bonds. The Morgan fingerprint density at radius 3 is 2.82 bits per heavy atom. The van der Waals surface area contributed by atoms with E-state index >= 15 is 0 Å². The van der Waals surface area contributed by atoms with E-state index in [1.54, 1.807) is 11.4 Å². The van der Waals surface area contributed by atoms with Crippen LogP contribution in [0.15, 0.2) is 11.4 Å². The van der Waals surface area contributed by atoms with Crippen LogP contribution in [0, 0.1) is 17.2 Å². The van der Waals surface area contributed by atoms with Gasteiger partial charge >= 0.3 is 0 Å². The van der Waals surface area contributed by atoms with Crippen molar-refractivity contribution in [3.05, 3.63) is 17.0 Å². The van der Waals surface area contributed by atoms with Gasteiger partial charge in [0.15, 0.2) is 0 Å². The van der Waals surface area contributed by atoms with Crippen LogP contribution in [0.4, 0.5) is 5.00 Å². The first-order valence-electron chi connectivity index (χ1n) is 7.41. The van der Waals surface area contributed by atoms with Crippen LogP contribution in [-0.4, -0.2) is 42.9 Å². The lowest BCUT2D eigenvalue weighted by Crippen LogP contribution is -2.43. The van der Waals surface area contributed by atoms with Crippen LogP contribution in [0.3, 0.4) is 0 Å². The first-order valence-corrected chi connectivity index (χ1v) is 8.29. The van der Waals surface area contributed by atoms with Crippen molar-refractivity contribution in [1.82, 2.24) is 10.2 Å². The van der Waals surface area contributed by atoms with Gasteiger partial charge in [0.25, 0.3) is 0 Å². The zero-order valence-electron chi connectivity index (χ0n) is 12.6. The molecule has 1 aromatic heterocycles. The molecular weight excluding hydrogens is 300 g/mol. The van der Waals surface area contributed by atoms with Gasteiger partial charge in [-0.3, -0.25) is 14.5 Å². The Bertz CT molecular complexity index is 570. The van der Waals surface area contributed by atoms with Crippen LogP contribution in [0.1, 0.15) is 25.3 Å². The maximum absolute atomic E-state index is 12.0. The molecule has 1 fully saturated rings. The lowest BCUT2D eigenvalue weighted by atomic mass is 9.96. The van der Waals surface area contributed by atoms with Gasteiger partial charge in [0.05, 0.1) is 12.1 Å². The molecule has 6 nitrogen and oxygen atoms in total. The summed E-state index contributed by atoms with van der Waals surface area (Å²) < 4.78 is 0. The summed E-state index contributed by atoms with van der Waals surface area (Å²) >= 11 is 1.35. The smallest absolute Gasteiger partial charge is 0.239 e. The van der Waals surface area contributed by atoms with Crippen molar-refractivity contribution in [1.29, 1.82) is 5.26 Å². The first-order chi connectivity index (χ1) is 10.6. The molecule has 0 unspecified atom stereocenters. The Morgan fingerprint density at radius 1 is 1.45 bits per heavy atom. The molecule has 0 aliphatic carbocycles. The first kappa shape index (κ1) is 16.5. The van der Waals surface area contributed by atoms with E-state index in [-0.39, 0.29) is 17.7 Å². The SMILES string of the molecule is CCNC(=O)C1CCN(CC(=O)Nc2sccc2C#N)CC1. The number of nitriles is 1. The number of hydrogen-bond acceptors (Lipinski definition) is 5. The summed E-state index contributed by atoms with van der Waals surface area (Å²) in [6, 6.07) is 3.74. The lowest BCUT2D eigenvalue weighted by Gasteiger charge is -2.30. The minimum absolute atomic E-state index is 0.0572. The predicted molar refractivity (Wildman–Crippen MR) is 85.5 cm³/mol. The van der Waals surface area contributed by atoms with E-state index in [4.69, 9.17) is 5.26 Å². The van der Waals surface area contributed by atoms with Gasteiger partial charge in [-0.25, -0.2) is 0 Å². The van der Waals surface area contributed by atoms with Crippen molar-refractivity contribution < 1.29 is 9.59 Å². The van der Waals surface area contributed by atoms with Crippen LogP contribution in [0.5, 0.6) is 0 Å². The predicted octanol–water partition coefficient (Wildman–Crippen LogP) is 1.41. The number of rotatable bonds is 5. The minimum Gasteiger partial charge on any atom is -0.356 e. The number of hydrogen-bond donors (Lipinski definition) is 2. The Balaban J connectivity index is 1.77. The van der Waals surface area contributed by atoms with Crippen LogP contribution in [-0.2, 0) is 9.59 Å². The number of piperidine rings is 1. The number of anilines is 1. The molecule has 0 aromatic carbocycles. The van der Waals surface area contributed by atoms with E-state index in [9.17, 15) is 9.59 Å². The van der Waals surface area contributed by atoms with E-state index in [2.05, 4.69) is 16.7 Å². The van der Waals surface area contributed by atoms with Crippen molar-refractivity contribution in [2.75, 3.05) is 31.5 Å². The molecule has 1 aliphatic rings. The molecule has 0 radical (unpaired) electrons. The van der Waals surface area contributed by atoms with Gasteiger partial charge in [-0.15, -0.1) is 11.3 Å². The maximum Gasteiger partial charge on any atom is 0.239 e. The van der Waals surface area contributed by atoms with Gasteiger partial charge in [-0.2, -0.15) is 5.26 Å². The molecule has 1 saturated heterocycles. The average molecular weight is 320 g/mol. The van der Waals surface area contributed by atoms with E-state index in [0.717, 1.165) is 25.9 Å². The topological polar surface area (TPSA) is 85.2 Å². The largest absolute Gasteiger partial charge is 0.356 e. The third-order valence-corrected chi connectivity index (χ3v) is 4.55. The summed E-state index contributed by atoms with van der Waals surface area (Å²) in [5.41, 5.74) is 0.494. The van der Waals surface area contributed by atoms with E-state index < -0.39 is 0 Å². The van der Waals surface area contributed by atoms with E-state index in [1.165, 1.54) is 11.3 Å². The molecule has 0 spiro atoms. The van der Waals surface area contributed by atoms with Crippen LogP contribution in [0.25, 0.3) is 0 Å². The van der Waals surface area contributed by atoms with Gasteiger partial charge in [-0.1, -0.05) is 0 Å². The second-order valence-electron chi connectivity index (χ2n) is 5.27. The number of thiophene rings is 1. The number of carbonyl (C=O) groups excluding carboxylic acids is 2. The van der Waals surface area contributed by atoms with Crippen molar-refractivity contribution in [2.24, 2.45) is 5.92 Å². The van der Waals surface area contributed by atoms with Crippen molar-refractivity contribution in [2.45, 2.75) is 19.8 Å². The van der Waals surface area contributed by atoms with Gasteiger partial charge in [0, 0.05) is 12.5 Å². The standard InChI is InChI=1S/C15H20N4O2S/c1-2-17-14(21)11-3-6-19(7-4-11)10-13(20)18-15-12(9-16)5-8-22-15/h5,8,11H,2-4,6-7,10H2,1H3,(H,17,21)(H,18,20). The molecule has 1 aliphatic heterocycles. The highest BCUT2D eigenvalue weighted by Crippen LogP contribution is 2.22. The summed E-state index contributed by atoms with van der Waals surface area (Å²) in [6.07, 6.45) is 1.56. The molecule has 2 N–H and O–H groups in total. The van der Waals surface area contributed by atoms with Gasteiger partial charge < -0.3 is 10.6 Å². The second-order valence-corrected chi connectivity index (χ2v) is 6.18. The molecule has 118 valence electrons. The number of likely N-dealkylation sites (tertiary alicyclic amines) is 1. The number of carbonyl (C=O) groups is 2. The zero-order chi connectivity index (χ0) is 15.9. The molecular formula is C15H20N4O2S. The average Bonchev–Trinajstić information content (AvgIpc) is 2.95. The fraction of sp³-hybridized carbons (Fsp3) is 0.533. The molecule has 0 bridgehead atoms. The fourth-order valence-corrected chi connectivity index (χ4v) is 3.29. The molecule has 1 aromatic rings. The summed E-state index contributed by atoms with van der Waals surface area (Å²) in [5.74, 6) is 0.0565. The molecule has 2 heterocycles. The maximum atomic E-state index is 12.0. The highest BCUT2D eigenvalue weighted by molar-refractivity contribution is 7.14. The molecule has 0 saturated carbocycles. The summed E-state index contributed by atoms with van der Waals surface area (Å²) in [6.45, 7) is 4.35. The number of nitrogens with zero attached hydrogens (tertiary/aromatic N) is 2. The van der Waals surface area contributed by atoms with Gasteiger partial charge in [0.1, 0.15) is 11.1 Å². The highest BCUT2D eigenvalue weighted by Gasteiger charge is 2.25. The molecule has 2 rings (SSSR count). The second kappa shape index (κ2) is 7.92. The van der Waals surface area contributed by atoms with Gasteiger partial charge in [-0.05, 0) is 44.3 Å². The third-order valence-electron chi connectivity index (χ3n) is 3.72. The fourth-order valence-electron chi connectivity index (χ4n) is 2.54. The van der Waals surface area contributed by atoms with Crippen molar-refractivity contribution in [3.63, 3.8) is 0 Å². The van der Waals surface area contributed by atoms with Crippen molar-refractivity contribution >= 4 is 28.2 Å². The Hall–Kier alpha value is -1.91. The Kier molecular flexibility index (Phi) is 5.92. The van der Waals surface area contributed by atoms with E-state index in [1.807, 2.05) is 11.8 Å². The molecule has 0 atom stereocenters. The Labute approximate surface area is 134 Å². The minimum atomic E-state index is -0.115. The highest BCUT2D eigenvalue weighted by atomic mass is 32.1. The lowest BCUT2D eigenvalue weighted by molar-refractivity contribution is -0.126. The summed E-state index contributed by atoms with van der Waals surface area (Å²) in [4.78, 5) is 25.8. The molecule has 7 heteroatoms. The zero-order valence-corrected chi connectivity index (χ0v) is 13.4. The van der Waals surface area contributed by atoms with E-state index in [0.29, 0.717) is 23.7 Å². The monoisotopic (exact) mass is 320 g/mol. The van der Waals surface area contributed by atoms with Gasteiger partial charge in [0.2, 0.25) is 11.8 Å². The quantitative estimate of drug-likeness (QED) is 0.859. The number of nitrogens with one attached hydrogen (secondary N) is 2. The number of amides is 2. The normalized spacial score (nSPS) is 16.0. The molecule has 22 heavy (non-hydrogen) atoms. The Morgan fingerprint density at radius 2 is 2.18 bits per heavy atom. The van der Waals surface area contributed by atoms with Crippen LogP contribution in [0.2, 0.25) is 0 Å². The third kappa shape index (κ3) is 4.29. The summed E-state index contributed by atoms with van der Waals surface area (Å²) in [7, 11) is 0. The van der Waals surface area contributed by atoms with Crippen LogP contribution < -0.4 is 10.6 Å². The van der Waals surface area contributed by atoms with Crippen LogP contribution >= 0.6 is 11.3 Å².